The third-order valence-electron chi connectivity index (χ3n) is 7.86. The van der Waals surface area contributed by atoms with Crippen LogP contribution in [-0.2, 0) is 0 Å². The molecule has 5 aromatic carbocycles. The summed E-state index contributed by atoms with van der Waals surface area (Å²) in [6, 6.07) is 40.0. The Kier molecular flexibility index (Phi) is 5.36. The maximum atomic E-state index is 6.25. The molecule has 7 heteroatoms. The van der Waals surface area contributed by atoms with Gasteiger partial charge in [0.2, 0.25) is 0 Å². The van der Waals surface area contributed by atoms with E-state index < -0.39 is 0 Å². The average molecular weight is 568 g/mol. The third-order valence-corrected chi connectivity index (χ3v) is 7.86. The highest BCUT2D eigenvalue weighted by Gasteiger charge is 2.18. The van der Waals surface area contributed by atoms with E-state index >= 15 is 0 Å². The van der Waals surface area contributed by atoms with Gasteiger partial charge in [-0.15, -0.1) is 0 Å². The standard InChI is InChI=1S/C37H21N5O2/c1-3-9-22(10-4-1)35-40-36(23-11-5-2-6-12-23)42-37(41-35)25-16-18-31-28(20-25)27-19-24(15-17-30(27)43-31)32-34-33(39-21-38-32)26-13-7-8-14-29(26)44-34/h1-21H. The van der Waals surface area contributed by atoms with Crippen molar-refractivity contribution in [2.45, 2.75) is 0 Å². The Morgan fingerprint density at radius 2 is 0.955 bits per heavy atom. The molecule has 0 fully saturated rings. The molecule has 0 atom stereocenters. The summed E-state index contributed by atoms with van der Waals surface area (Å²) in [4.78, 5) is 23.8. The summed E-state index contributed by atoms with van der Waals surface area (Å²) in [6.07, 6.45) is 1.59. The first-order chi connectivity index (χ1) is 21.8. The van der Waals surface area contributed by atoms with Crippen molar-refractivity contribution in [2.24, 2.45) is 0 Å². The molecule has 206 valence electrons. The Bertz CT molecular complexity index is 2440. The third kappa shape index (κ3) is 3.94. The van der Waals surface area contributed by atoms with E-state index in [1.807, 2.05) is 109 Å². The first kappa shape index (κ1) is 24.4. The fourth-order valence-corrected chi connectivity index (χ4v) is 5.73. The normalized spacial score (nSPS) is 11.6. The van der Waals surface area contributed by atoms with Crippen molar-refractivity contribution < 1.29 is 8.83 Å². The van der Waals surface area contributed by atoms with Gasteiger partial charge >= 0.3 is 0 Å². The number of aromatic nitrogens is 5. The van der Waals surface area contributed by atoms with E-state index in [1.54, 1.807) is 6.33 Å². The lowest BCUT2D eigenvalue weighted by Crippen LogP contribution is -2.00. The van der Waals surface area contributed by atoms with Gasteiger partial charge in [0.25, 0.3) is 0 Å². The molecule has 0 amide bonds. The molecule has 0 spiro atoms. The van der Waals surface area contributed by atoms with Gasteiger partial charge in [-0.3, -0.25) is 0 Å². The molecule has 4 heterocycles. The highest BCUT2D eigenvalue weighted by atomic mass is 16.3. The predicted octanol–water partition coefficient (Wildman–Crippen LogP) is 9.13. The molecule has 44 heavy (non-hydrogen) atoms. The van der Waals surface area contributed by atoms with E-state index in [2.05, 4.69) is 22.1 Å². The first-order valence-corrected chi connectivity index (χ1v) is 14.2. The van der Waals surface area contributed by atoms with E-state index in [-0.39, 0.29) is 0 Å². The number of fused-ring (bicyclic) bond motifs is 6. The molecule has 0 radical (unpaired) electrons. The summed E-state index contributed by atoms with van der Waals surface area (Å²) in [5.41, 5.74) is 8.15. The zero-order valence-corrected chi connectivity index (χ0v) is 23.2. The van der Waals surface area contributed by atoms with Crippen LogP contribution in [0.5, 0.6) is 0 Å². The highest BCUT2D eigenvalue weighted by molar-refractivity contribution is 6.10. The molecule has 9 aromatic rings. The van der Waals surface area contributed by atoms with Gasteiger partial charge in [-0.2, -0.15) is 0 Å². The lowest BCUT2D eigenvalue weighted by atomic mass is 10.0. The first-order valence-electron chi connectivity index (χ1n) is 14.2. The predicted molar refractivity (Wildman–Crippen MR) is 172 cm³/mol. The van der Waals surface area contributed by atoms with E-state index in [0.717, 1.165) is 66.4 Å². The minimum Gasteiger partial charge on any atom is -0.456 e. The monoisotopic (exact) mass is 567 g/mol. The van der Waals surface area contributed by atoms with Gasteiger partial charge in [0, 0.05) is 38.4 Å². The van der Waals surface area contributed by atoms with Crippen molar-refractivity contribution in [1.29, 1.82) is 0 Å². The second kappa shape index (κ2) is 9.68. The van der Waals surface area contributed by atoms with Crippen molar-refractivity contribution in [1.82, 2.24) is 24.9 Å². The second-order valence-electron chi connectivity index (χ2n) is 10.6. The molecular formula is C37H21N5O2. The van der Waals surface area contributed by atoms with Crippen LogP contribution in [-0.4, -0.2) is 24.9 Å². The van der Waals surface area contributed by atoms with Crippen LogP contribution in [0, 0.1) is 0 Å². The van der Waals surface area contributed by atoms with Crippen LogP contribution < -0.4 is 0 Å². The molecular weight excluding hydrogens is 546 g/mol. The summed E-state index contributed by atoms with van der Waals surface area (Å²) >= 11 is 0. The van der Waals surface area contributed by atoms with Gasteiger partial charge < -0.3 is 8.83 Å². The fourth-order valence-electron chi connectivity index (χ4n) is 5.73. The minimum absolute atomic E-state index is 0.588. The van der Waals surface area contributed by atoms with Crippen LogP contribution in [0.3, 0.4) is 0 Å². The number of para-hydroxylation sites is 1. The largest absolute Gasteiger partial charge is 0.456 e. The number of hydrogen-bond acceptors (Lipinski definition) is 7. The molecule has 0 N–H and O–H groups in total. The van der Waals surface area contributed by atoms with Crippen molar-refractivity contribution >= 4 is 44.0 Å². The molecule has 0 aliphatic heterocycles. The smallest absolute Gasteiger partial charge is 0.180 e. The molecule has 0 unspecified atom stereocenters. The lowest BCUT2D eigenvalue weighted by molar-refractivity contribution is 0.666. The van der Waals surface area contributed by atoms with Gasteiger partial charge in [-0.25, -0.2) is 24.9 Å². The van der Waals surface area contributed by atoms with E-state index in [1.165, 1.54) is 0 Å². The molecule has 0 aliphatic rings. The van der Waals surface area contributed by atoms with Crippen LogP contribution in [0.4, 0.5) is 0 Å². The Hall–Kier alpha value is -6.21. The molecule has 7 nitrogen and oxygen atoms in total. The van der Waals surface area contributed by atoms with Crippen molar-refractivity contribution in [2.75, 3.05) is 0 Å². The molecule has 0 aliphatic carbocycles. The maximum Gasteiger partial charge on any atom is 0.180 e. The summed E-state index contributed by atoms with van der Waals surface area (Å²) in [5.74, 6) is 1.82. The molecule has 9 rings (SSSR count). The highest BCUT2D eigenvalue weighted by Crippen LogP contribution is 2.37. The van der Waals surface area contributed by atoms with Gasteiger partial charge in [0.15, 0.2) is 23.1 Å². The van der Waals surface area contributed by atoms with Gasteiger partial charge in [0.05, 0.1) is 0 Å². The molecule has 0 saturated heterocycles. The van der Waals surface area contributed by atoms with Crippen molar-refractivity contribution in [3.05, 3.63) is 128 Å². The Morgan fingerprint density at radius 3 is 1.64 bits per heavy atom. The van der Waals surface area contributed by atoms with Crippen LogP contribution in [0.15, 0.2) is 136 Å². The summed E-state index contributed by atoms with van der Waals surface area (Å²) in [5, 5.41) is 2.88. The quantitative estimate of drug-likeness (QED) is 0.209. The van der Waals surface area contributed by atoms with Gasteiger partial charge in [0.1, 0.15) is 34.3 Å². The van der Waals surface area contributed by atoms with E-state index in [0.29, 0.717) is 23.1 Å². The van der Waals surface area contributed by atoms with Crippen LogP contribution in [0.2, 0.25) is 0 Å². The number of nitrogens with zero attached hydrogens (tertiary/aromatic N) is 5. The number of hydrogen-bond donors (Lipinski definition) is 0. The SMILES string of the molecule is c1ccc(-c2nc(-c3ccccc3)nc(-c3ccc4oc5ccc(-c6ncnc7c6oc6ccccc67)cc5c4c3)n2)cc1. The molecule has 0 saturated carbocycles. The maximum absolute atomic E-state index is 6.25. The van der Waals surface area contributed by atoms with Crippen LogP contribution in [0.1, 0.15) is 0 Å². The molecule has 0 bridgehead atoms. The van der Waals surface area contributed by atoms with Gasteiger partial charge in [-0.05, 0) is 48.5 Å². The average Bonchev–Trinajstić information content (AvgIpc) is 3.66. The topological polar surface area (TPSA) is 90.7 Å². The van der Waals surface area contributed by atoms with Crippen molar-refractivity contribution in [3.63, 3.8) is 0 Å². The Balaban J connectivity index is 1.22. The summed E-state index contributed by atoms with van der Waals surface area (Å²) in [7, 11) is 0. The number of benzene rings is 5. The Morgan fingerprint density at radius 1 is 0.409 bits per heavy atom. The van der Waals surface area contributed by atoms with Gasteiger partial charge in [-0.1, -0.05) is 72.8 Å². The fraction of sp³-hybridized carbons (Fsp3) is 0. The minimum atomic E-state index is 0.588. The van der Waals surface area contributed by atoms with Crippen LogP contribution >= 0.6 is 0 Å². The number of rotatable bonds is 4. The van der Waals surface area contributed by atoms with E-state index in [9.17, 15) is 0 Å². The zero-order chi connectivity index (χ0) is 29.0. The van der Waals surface area contributed by atoms with Crippen molar-refractivity contribution in [3.8, 4) is 45.4 Å². The second-order valence-corrected chi connectivity index (χ2v) is 10.6. The molecule has 4 aromatic heterocycles. The lowest BCUT2D eigenvalue weighted by Gasteiger charge is -2.08. The summed E-state index contributed by atoms with van der Waals surface area (Å²) in [6.45, 7) is 0. The van der Waals surface area contributed by atoms with E-state index in [4.69, 9.17) is 23.8 Å². The zero-order valence-electron chi connectivity index (χ0n) is 23.2. The van der Waals surface area contributed by atoms with Crippen LogP contribution in [0.25, 0.3) is 89.4 Å². The summed E-state index contributed by atoms with van der Waals surface area (Å²) < 4.78 is 12.5. The Labute approximate surface area is 250 Å². The number of furan rings is 2.